The summed E-state index contributed by atoms with van der Waals surface area (Å²) < 4.78 is 18.7. The van der Waals surface area contributed by atoms with E-state index in [1.54, 1.807) is 19.2 Å². The average Bonchev–Trinajstić information content (AvgIpc) is 2.65. The van der Waals surface area contributed by atoms with Gasteiger partial charge in [-0.2, -0.15) is 0 Å². The third-order valence-electron chi connectivity index (χ3n) is 4.42. The summed E-state index contributed by atoms with van der Waals surface area (Å²) in [5.74, 6) is 1.62. The van der Waals surface area contributed by atoms with Crippen LogP contribution in [0.1, 0.15) is 26.2 Å². The van der Waals surface area contributed by atoms with Gasteiger partial charge in [-0.1, -0.05) is 6.07 Å². The monoisotopic (exact) mass is 364 g/mol. The van der Waals surface area contributed by atoms with Crippen molar-refractivity contribution in [3.05, 3.63) is 30.1 Å². The fourth-order valence-corrected chi connectivity index (χ4v) is 3.01. The van der Waals surface area contributed by atoms with E-state index in [1.807, 2.05) is 6.92 Å². The number of benzene rings is 1. The molecule has 0 unspecified atom stereocenters. The van der Waals surface area contributed by atoms with E-state index in [2.05, 4.69) is 20.5 Å². The fraction of sp³-hybridized carbons (Fsp3) is 0.579. The molecule has 0 bridgehead atoms. The van der Waals surface area contributed by atoms with Gasteiger partial charge in [-0.3, -0.25) is 4.79 Å². The summed E-state index contributed by atoms with van der Waals surface area (Å²) in [5.41, 5.74) is 0. The highest BCUT2D eigenvalue weighted by molar-refractivity contribution is 5.80. The number of nitrogens with one attached hydrogen (secondary N) is 2. The number of rotatable bonds is 7. The molecule has 0 aliphatic carbocycles. The highest BCUT2D eigenvalue weighted by Gasteiger charge is 2.22. The van der Waals surface area contributed by atoms with Crippen molar-refractivity contribution in [2.75, 3.05) is 39.8 Å². The lowest BCUT2D eigenvalue weighted by atomic mass is 9.93. The maximum Gasteiger partial charge on any atom is 0.220 e. The largest absolute Gasteiger partial charge is 0.492 e. The summed E-state index contributed by atoms with van der Waals surface area (Å²) in [5, 5.41) is 6.00. The first-order valence-corrected chi connectivity index (χ1v) is 9.24. The number of hydrogen-bond acceptors (Lipinski definition) is 3. The van der Waals surface area contributed by atoms with E-state index in [1.165, 1.54) is 12.1 Å². The Morgan fingerprint density at radius 3 is 2.81 bits per heavy atom. The van der Waals surface area contributed by atoms with Crippen LogP contribution in [0.15, 0.2) is 29.3 Å². The van der Waals surface area contributed by atoms with Crippen molar-refractivity contribution in [1.82, 2.24) is 15.5 Å². The Morgan fingerprint density at radius 2 is 2.15 bits per heavy atom. The smallest absolute Gasteiger partial charge is 0.220 e. The van der Waals surface area contributed by atoms with Gasteiger partial charge in [0.2, 0.25) is 5.91 Å². The van der Waals surface area contributed by atoms with Gasteiger partial charge in [0.05, 0.1) is 6.54 Å². The molecule has 1 aliphatic rings. The number of carbonyl (C=O) groups excluding carboxylic acids is 1. The third kappa shape index (κ3) is 6.54. The number of carbonyl (C=O) groups is 1. The Bertz CT molecular complexity index is 601. The number of aliphatic imine (C=N–C) groups is 1. The Labute approximate surface area is 154 Å². The molecule has 0 saturated carbocycles. The summed E-state index contributed by atoms with van der Waals surface area (Å²) in [6.07, 6.45) is 2.56. The van der Waals surface area contributed by atoms with Gasteiger partial charge in [0.15, 0.2) is 5.96 Å². The van der Waals surface area contributed by atoms with Crippen molar-refractivity contribution < 1.29 is 13.9 Å². The molecule has 0 radical (unpaired) electrons. The van der Waals surface area contributed by atoms with Crippen molar-refractivity contribution in [3.63, 3.8) is 0 Å². The summed E-state index contributed by atoms with van der Waals surface area (Å²) in [6.45, 7) is 5.50. The first-order chi connectivity index (χ1) is 12.6. The molecule has 7 heteroatoms. The molecule has 26 heavy (non-hydrogen) atoms. The number of nitrogens with zero attached hydrogens (tertiary/aromatic N) is 2. The van der Waals surface area contributed by atoms with Crippen LogP contribution in [0.2, 0.25) is 0 Å². The quantitative estimate of drug-likeness (QED) is 0.441. The van der Waals surface area contributed by atoms with E-state index >= 15 is 0 Å². The highest BCUT2D eigenvalue weighted by Crippen LogP contribution is 2.20. The van der Waals surface area contributed by atoms with Crippen LogP contribution in [-0.4, -0.2) is 56.6 Å². The SMILES string of the molecule is CCNC(=NCCOc1cccc(F)c1)N1CCC(CC(=O)NC)CC1. The van der Waals surface area contributed by atoms with Crippen LogP contribution in [0.25, 0.3) is 0 Å². The molecule has 144 valence electrons. The second-order valence-electron chi connectivity index (χ2n) is 6.35. The third-order valence-corrected chi connectivity index (χ3v) is 4.42. The van der Waals surface area contributed by atoms with Gasteiger partial charge in [0.1, 0.15) is 18.2 Å². The van der Waals surface area contributed by atoms with Gasteiger partial charge in [-0.05, 0) is 37.8 Å². The molecule has 1 saturated heterocycles. The van der Waals surface area contributed by atoms with Crippen LogP contribution in [0.5, 0.6) is 5.75 Å². The normalized spacial score (nSPS) is 15.7. The zero-order chi connectivity index (χ0) is 18.8. The molecular formula is C19H29FN4O2. The molecule has 1 fully saturated rings. The van der Waals surface area contributed by atoms with Crippen LogP contribution in [0.3, 0.4) is 0 Å². The molecule has 1 aromatic carbocycles. The van der Waals surface area contributed by atoms with Gasteiger partial charge in [0.25, 0.3) is 0 Å². The number of amides is 1. The molecular weight excluding hydrogens is 335 g/mol. The maximum atomic E-state index is 13.1. The topological polar surface area (TPSA) is 66.0 Å². The predicted molar refractivity (Wildman–Crippen MR) is 101 cm³/mol. The lowest BCUT2D eigenvalue weighted by molar-refractivity contribution is -0.121. The van der Waals surface area contributed by atoms with Crippen molar-refractivity contribution in [1.29, 1.82) is 0 Å². The minimum atomic E-state index is -0.307. The van der Waals surface area contributed by atoms with Gasteiger partial charge >= 0.3 is 0 Å². The van der Waals surface area contributed by atoms with Gasteiger partial charge in [0, 0.05) is 39.2 Å². The van der Waals surface area contributed by atoms with E-state index in [4.69, 9.17) is 4.74 Å². The summed E-state index contributed by atoms with van der Waals surface area (Å²) >= 11 is 0. The average molecular weight is 364 g/mol. The maximum absolute atomic E-state index is 13.1. The summed E-state index contributed by atoms with van der Waals surface area (Å²) in [7, 11) is 1.68. The molecule has 2 N–H and O–H groups in total. The first-order valence-electron chi connectivity index (χ1n) is 9.24. The second-order valence-corrected chi connectivity index (χ2v) is 6.35. The van der Waals surface area contributed by atoms with Crippen molar-refractivity contribution >= 4 is 11.9 Å². The molecule has 6 nitrogen and oxygen atoms in total. The van der Waals surface area contributed by atoms with E-state index in [0.717, 1.165) is 38.4 Å². The van der Waals surface area contributed by atoms with E-state index in [-0.39, 0.29) is 11.7 Å². The molecule has 0 spiro atoms. The summed E-state index contributed by atoms with van der Waals surface area (Å²) in [4.78, 5) is 18.4. The van der Waals surface area contributed by atoms with Crippen LogP contribution >= 0.6 is 0 Å². The number of ether oxygens (including phenoxy) is 1. The van der Waals surface area contributed by atoms with Gasteiger partial charge in [-0.15, -0.1) is 0 Å². The number of hydrogen-bond donors (Lipinski definition) is 2. The van der Waals surface area contributed by atoms with Crippen LogP contribution < -0.4 is 15.4 Å². The second kappa shape index (κ2) is 10.6. The van der Waals surface area contributed by atoms with Gasteiger partial charge in [-0.25, -0.2) is 9.38 Å². The number of halogens is 1. The fourth-order valence-electron chi connectivity index (χ4n) is 3.01. The molecule has 1 aromatic rings. The van der Waals surface area contributed by atoms with Crippen LogP contribution in [0.4, 0.5) is 4.39 Å². The number of likely N-dealkylation sites (tertiary alicyclic amines) is 1. The zero-order valence-corrected chi connectivity index (χ0v) is 15.6. The molecule has 0 atom stereocenters. The van der Waals surface area contributed by atoms with Crippen molar-refractivity contribution in [3.8, 4) is 5.75 Å². The van der Waals surface area contributed by atoms with E-state index in [9.17, 15) is 9.18 Å². The van der Waals surface area contributed by atoms with Crippen LogP contribution in [-0.2, 0) is 4.79 Å². The molecule has 1 aliphatic heterocycles. The summed E-state index contributed by atoms with van der Waals surface area (Å²) in [6, 6.07) is 6.12. The standard InChI is InChI=1S/C19H29FN4O2/c1-3-22-19(23-9-12-26-17-6-4-5-16(20)14-17)24-10-7-15(8-11-24)13-18(25)21-2/h4-6,14-15H,3,7-13H2,1-2H3,(H,21,25)(H,22,23). The highest BCUT2D eigenvalue weighted by atomic mass is 19.1. The Hall–Kier alpha value is -2.31. The number of guanidine groups is 1. The minimum Gasteiger partial charge on any atom is -0.492 e. The molecule has 1 heterocycles. The first kappa shape index (κ1) is 20.0. The minimum absolute atomic E-state index is 0.110. The predicted octanol–water partition coefficient (Wildman–Crippen LogP) is 2.02. The van der Waals surface area contributed by atoms with Crippen molar-refractivity contribution in [2.24, 2.45) is 10.9 Å². The molecule has 2 rings (SSSR count). The lowest BCUT2D eigenvalue weighted by Gasteiger charge is -2.34. The zero-order valence-electron chi connectivity index (χ0n) is 15.6. The Kier molecular flexibility index (Phi) is 8.18. The molecule has 1 amide bonds. The van der Waals surface area contributed by atoms with Gasteiger partial charge < -0.3 is 20.3 Å². The van der Waals surface area contributed by atoms with E-state index in [0.29, 0.717) is 31.2 Å². The van der Waals surface area contributed by atoms with Crippen LogP contribution in [0, 0.1) is 11.7 Å². The Balaban J connectivity index is 1.80. The van der Waals surface area contributed by atoms with Crippen molar-refractivity contribution in [2.45, 2.75) is 26.2 Å². The van der Waals surface area contributed by atoms with E-state index < -0.39 is 0 Å². The number of piperidine rings is 1. The molecule has 0 aromatic heterocycles. The lowest BCUT2D eigenvalue weighted by Crippen LogP contribution is -2.46. The Morgan fingerprint density at radius 1 is 1.38 bits per heavy atom.